The van der Waals surface area contributed by atoms with Crippen molar-refractivity contribution < 1.29 is 9.29 Å². The van der Waals surface area contributed by atoms with Crippen LogP contribution in [0.3, 0.4) is 0 Å². The first-order chi connectivity index (χ1) is 14.1. The van der Waals surface area contributed by atoms with Crippen LogP contribution >= 0.6 is 0 Å². The number of benzene rings is 1. The predicted molar refractivity (Wildman–Crippen MR) is 121 cm³/mol. The van der Waals surface area contributed by atoms with E-state index in [-0.39, 0.29) is 11.6 Å². The minimum absolute atomic E-state index is 0.169. The van der Waals surface area contributed by atoms with Crippen molar-refractivity contribution in [3.8, 4) is 5.88 Å². The Hall–Kier alpha value is -2.35. The number of nitrogens with one attached hydrogen (secondary N) is 1. The summed E-state index contributed by atoms with van der Waals surface area (Å²) < 4.78 is 22.8. The summed E-state index contributed by atoms with van der Waals surface area (Å²) in [4.78, 5) is 17.7. The number of hydrogen-bond acceptors (Lipinski definition) is 5. The molecule has 0 radical (unpaired) electrons. The SMILES string of the molecule is Cc1cc([C@@H](C)N[S+]([O-])C(C)(C)C)c2nc(OCc3ccccc3)c(C)c(=O)n2c1. The zero-order chi connectivity index (χ0) is 22.1. The van der Waals surface area contributed by atoms with Crippen LogP contribution in [0.5, 0.6) is 5.88 Å². The zero-order valence-electron chi connectivity index (χ0n) is 18.4. The molecule has 0 fully saturated rings. The molecule has 0 aliphatic rings. The first-order valence-corrected chi connectivity index (χ1v) is 11.1. The molecule has 2 heterocycles. The van der Waals surface area contributed by atoms with Gasteiger partial charge in [0.25, 0.3) is 5.56 Å². The highest BCUT2D eigenvalue weighted by atomic mass is 32.2. The first kappa shape index (κ1) is 22.3. The Morgan fingerprint density at radius 2 is 1.90 bits per heavy atom. The second-order valence-corrected chi connectivity index (χ2v) is 10.5. The molecule has 0 saturated carbocycles. The maximum absolute atomic E-state index is 13.0. The van der Waals surface area contributed by atoms with Crippen molar-refractivity contribution in [3.05, 3.63) is 75.2 Å². The van der Waals surface area contributed by atoms with Gasteiger partial charge in [0.1, 0.15) is 17.0 Å². The smallest absolute Gasteiger partial charge is 0.264 e. The lowest BCUT2D eigenvalue weighted by Gasteiger charge is -2.27. The molecule has 6 nitrogen and oxygen atoms in total. The fraction of sp³-hybridized carbons (Fsp3) is 0.391. The van der Waals surface area contributed by atoms with Gasteiger partial charge in [-0.3, -0.25) is 9.20 Å². The molecule has 30 heavy (non-hydrogen) atoms. The summed E-state index contributed by atoms with van der Waals surface area (Å²) in [5, 5.41) is 0. The maximum atomic E-state index is 13.0. The summed E-state index contributed by atoms with van der Waals surface area (Å²) in [6, 6.07) is 11.5. The molecule has 7 heteroatoms. The van der Waals surface area contributed by atoms with Crippen molar-refractivity contribution in [1.29, 1.82) is 0 Å². The summed E-state index contributed by atoms with van der Waals surface area (Å²) in [6.07, 6.45) is 1.77. The summed E-state index contributed by atoms with van der Waals surface area (Å²) in [6.45, 7) is 11.6. The van der Waals surface area contributed by atoms with Crippen LogP contribution in [0, 0.1) is 13.8 Å². The quantitative estimate of drug-likeness (QED) is 0.602. The van der Waals surface area contributed by atoms with Crippen LogP contribution in [0.1, 0.15) is 56.0 Å². The van der Waals surface area contributed by atoms with E-state index in [2.05, 4.69) is 9.71 Å². The lowest BCUT2D eigenvalue weighted by atomic mass is 10.1. The minimum Gasteiger partial charge on any atom is -0.598 e. The first-order valence-electron chi connectivity index (χ1n) is 9.96. The van der Waals surface area contributed by atoms with Crippen LogP contribution in [-0.2, 0) is 18.0 Å². The molecule has 1 N–H and O–H groups in total. The fourth-order valence-electron chi connectivity index (χ4n) is 3.06. The molecule has 160 valence electrons. The van der Waals surface area contributed by atoms with E-state index >= 15 is 0 Å². The van der Waals surface area contributed by atoms with Crippen molar-refractivity contribution in [2.75, 3.05) is 0 Å². The average Bonchev–Trinajstić information content (AvgIpc) is 2.69. The van der Waals surface area contributed by atoms with Crippen molar-refractivity contribution >= 4 is 17.0 Å². The molecular weight excluding hydrogens is 398 g/mol. The van der Waals surface area contributed by atoms with Gasteiger partial charge in [-0.2, -0.15) is 4.98 Å². The lowest BCUT2D eigenvalue weighted by Crippen LogP contribution is -2.40. The molecule has 0 aliphatic heterocycles. The summed E-state index contributed by atoms with van der Waals surface area (Å²) in [7, 11) is 0. The molecule has 0 bridgehead atoms. The predicted octanol–water partition coefficient (Wildman–Crippen LogP) is 4.00. The Labute approximate surface area is 180 Å². The van der Waals surface area contributed by atoms with Gasteiger partial charge in [0, 0.05) is 23.1 Å². The van der Waals surface area contributed by atoms with E-state index in [4.69, 9.17) is 4.74 Å². The minimum atomic E-state index is -1.26. The highest BCUT2D eigenvalue weighted by Crippen LogP contribution is 2.25. The van der Waals surface area contributed by atoms with Gasteiger partial charge >= 0.3 is 0 Å². The third-order valence-corrected chi connectivity index (χ3v) is 6.48. The molecule has 0 aliphatic carbocycles. The van der Waals surface area contributed by atoms with Crippen LogP contribution in [0.2, 0.25) is 0 Å². The molecule has 0 saturated heterocycles. The second-order valence-electron chi connectivity index (χ2n) is 8.51. The van der Waals surface area contributed by atoms with Crippen molar-refractivity contribution in [2.45, 2.75) is 58.9 Å². The highest BCUT2D eigenvalue weighted by molar-refractivity contribution is 7.90. The number of rotatable bonds is 6. The van der Waals surface area contributed by atoms with Crippen LogP contribution < -0.4 is 15.0 Å². The van der Waals surface area contributed by atoms with Crippen LogP contribution in [0.25, 0.3) is 5.65 Å². The Kier molecular flexibility index (Phi) is 6.55. The molecular formula is C23H29N3O3S. The van der Waals surface area contributed by atoms with Gasteiger partial charge in [0.15, 0.2) is 0 Å². The van der Waals surface area contributed by atoms with Crippen LogP contribution in [-0.4, -0.2) is 18.7 Å². The molecule has 2 aromatic heterocycles. The van der Waals surface area contributed by atoms with E-state index in [1.165, 1.54) is 0 Å². The second kappa shape index (κ2) is 8.79. The highest BCUT2D eigenvalue weighted by Gasteiger charge is 2.29. The zero-order valence-corrected chi connectivity index (χ0v) is 19.2. The van der Waals surface area contributed by atoms with Crippen molar-refractivity contribution in [3.63, 3.8) is 0 Å². The average molecular weight is 428 g/mol. The Bertz CT molecular complexity index is 1090. The monoisotopic (exact) mass is 427 g/mol. The number of pyridine rings is 1. The third kappa shape index (κ3) is 4.86. The summed E-state index contributed by atoms with van der Waals surface area (Å²) in [5.74, 6) is 0.318. The number of nitrogens with zero attached hydrogens (tertiary/aromatic N) is 2. The van der Waals surface area contributed by atoms with E-state index in [0.717, 1.165) is 16.7 Å². The Morgan fingerprint density at radius 3 is 2.53 bits per heavy atom. The van der Waals surface area contributed by atoms with Gasteiger partial charge in [-0.15, -0.1) is 4.72 Å². The molecule has 0 spiro atoms. The largest absolute Gasteiger partial charge is 0.598 e. The van der Waals surface area contributed by atoms with E-state index in [0.29, 0.717) is 23.7 Å². The maximum Gasteiger partial charge on any atom is 0.264 e. The normalized spacial score (nSPS) is 14.0. The molecule has 3 rings (SSSR count). The molecule has 2 atom stereocenters. The third-order valence-electron chi connectivity index (χ3n) is 4.80. The van der Waals surface area contributed by atoms with Gasteiger partial charge < -0.3 is 9.29 Å². The Morgan fingerprint density at radius 1 is 1.23 bits per heavy atom. The lowest BCUT2D eigenvalue weighted by molar-refractivity contribution is 0.291. The standard InChI is InChI=1S/C23H29N3O3S/c1-15-12-19(17(3)25-30(28)23(4,5)6)20-24-21(16(2)22(27)26(20)13-15)29-14-18-10-8-7-9-11-18/h7-13,17,25H,14H2,1-6H3/t17-,30?/m1/s1. The topological polar surface area (TPSA) is 78.7 Å². The van der Waals surface area contributed by atoms with E-state index in [9.17, 15) is 9.35 Å². The van der Waals surface area contributed by atoms with E-state index < -0.39 is 16.1 Å². The number of ether oxygens (including phenoxy) is 1. The fourth-order valence-corrected chi connectivity index (χ4v) is 3.86. The molecule has 3 aromatic rings. The number of aromatic nitrogens is 2. The summed E-state index contributed by atoms with van der Waals surface area (Å²) >= 11 is -1.26. The Balaban J connectivity index is 2.03. The van der Waals surface area contributed by atoms with Gasteiger partial charge in [-0.25, -0.2) is 0 Å². The van der Waals surface area contributed by atoms with Crippen molar-refractivity contribution in [1.82, 2.24) is 14.1 Å². The van der Waals surface area contributed by atoms with E-state index in [1.807, 2.05) is 71.0 Å². The number of aryl methyl sites for hydroxylation is 1. The van der Waals surface area contributed by atoms with Gasteiger partial charge in [-0.05, 0) is 58.7 Å². The molecule has 1 unspecified atom stereocenters. The van der Waals surface area contributed by atoms with Crippen LogP contribution in [0.15, 0.2) is 47.4 Å². The van der Waals surface area contributed by atoms with Crippen molar-refractivity contribution in [2.24, 2.45) is 0 Å². The number of hydrogen-bond donors (Lipinski definition) is 1. The molecule has 1 aromatic carbocycles. The molecule has 0 amide bonds. The van der Waals surface area contributed by atoms with E-state index in [1.54, 1.807) is 17.5 Å². The van der Waals surface area contributed by atoms with Crippen LogP contribution in [0.4, 0.5) is 0 Å². The summed E-state index contributed by atoms with van der Waals surface area (Å²) in [5.41, 5.74) is 3.52. The van der Waals surface area contributed by atoms with Gasteiger partial charge in [-0.1, -0.05) is 30.3 Å². The number of fused-ring (bicyclic) bond motifs is 1. The van der Waals surface area contributed by atoms with Gasteiger partial charge in [0.2, 0.25) is 5.88 Å². The van der Waals surface area contributed by atoms with Gasteiger partial charge in [0.05, 0.1) is 11.6 Å².